The molecule has 3 atom stereocenters. The summed E-state index contributed by atoms with van der Waals surface area (Å²) in [4.78, 5) is 11.0. The molecule has 0 bridgehead atoms. The molecule has 3 unspecified atom stereocenters. The quantitative estimate of drug-likeness (QED) is 0.653. The van der Waals surface area contributed by atoms with Crippen LogP contribution in [-0.2, 0) is 4.79 Å². The molecule has 1 aliphatic rings. The van der Waals surface area contributed by atoms with Crippen LogP contribution in [0.25, 0.3) is 0 Å². The van der Waals surface area contributed by atoms with Gasteiger partial charge in [-0.15, -0.1) is 0 Å². The van der Waals surface area contributed by atoms with Crippen molar-refractivity contribution in [2.75, 3.05) is 6.61 Å². The van der Waals surface area contributed by atoms with E-state index in [1.54, 1.807) is 0 Å². The number of carbonyl (C=O) groups is 1. The van der Waals surface area contributed by atoms with E-state index in [0.29, 0.717) is 5.92 Å². The highest BCUT2D eigenvalue weighted by atomic mass is 16.3. The Bertz CT molecular complexity index is 167. The van der Waals surface area contributed by atoms with Crippen molar-refractivity contribution < 1.29 is 9.90 Å². The first kappa shape index (κ1) is 9.72. The zero-order valence-electron chi connectivity index (χ0n) is 7.92. The van der Waals surface area contributed by atoms with Crippen molar-refractivity contribution in [1.82, 2.24) is 0 Å². The average molecular weight is 170 g/mol. The molecule has 2 heteroatoms. The molecule has 1 saturated carbocycles. The zero-order valence-corrected chi connectivity index (χ0v) is 7.92. The second-order valence-corrected chi connectivity index (χ2v) is 4.28. The lowest BCUT2D eigenvalue weighted by Gasteiger charge is -2.28. The van der Waals surface area contributed by atoms with Crippen LogP contribution in [0.3, 0.4) is 0 Å². The SMILES string of the molecule is CC1CCC(C=O)(C(C)CO)C1. The predicted octanol–water partition coefficient (Wildman–Crippen LogP) is 1.62. The van der Waals surface area contributed by atoms with Gasteiger partial charge in [-0.25, -0.2) is 0 Å². The third-order valence-electron chi connectivity index (χ3n) is 3.32. The second kappa shape index (κ2) is 3.56. The maximum atomic E-state index is 11.0. The molecule has 1 fully saturated rings. The van der Waals surface area contributed by atoms with E-state index in [2.05, 4.69) is 6.92 Å². The molecule has 0 amide bonds. The topological polar surface area (TPSA) is 37.3 Å². The van der Waals surface area contributed by atoms with E-state index >= 15 is 0 Å². The van der Waals surface area contributed by atoms with E-state index < -0.39 is 0 Å². The van der Waals surface area contributed by atoms with Crippen molar-refractivity contribution in [3.63, 3.8) is 0 Å². The van der Waals surface area contributed by atoms with Crippen LogP contribution < -0.4 is 0 Å². The van der Waals surface area contributed by atoms with Crippen LogP contribution in [0, 0.1) is 17.3 Å². The highest BCUT2D eigenvalue weighted by molar-refractivity contribution is 5.60. The second-order valence-electron chi connectivity index (χ2n) is 4.28. The fourth-order valence-corrected chi connectivity index (χ4v) is 2.22. The Morgan fingerprint density at radius 2 is 2.42 bits per heavy atom. The number of hydrogen-bond acceptors (Lipinski definition) is 2. The van der Waals surface area contributed by atoms with Gasteiger partial charge < -0.3 is 9.90 Å². The first-order chi connectivity index (χ1) is 5.64. The molecular weight excluding hydrogens is 152 g/mol. The molecule has 1 N–H and O–H groups in total. The van der Waals surface area contributed by atoms with E-state index in [0.717, 1.165) is 25.5 Å². The molecule has 12 heavy (non-hydrogen) atoms. The number of carbonyl (C=O) groups excluding carboxylic acids is 1. The molecule has 0 spiro atoms. The molecule has 0 saturated heterocycles. The fraction of sp³-hybridized carbons (Fsp3) is 0.900. The van der Waals surface area contributed by atoms with Crippen molar-refractivity contribution >= 4 is 6.29 Å². The third kappa shape index (κ3) is 1.53. The maximum absolute atomic E-state index is 11.0. The predicted molar refractivity (Wildman–Crippen MR) is 47.8 cm³/mol. The summed E-state index contributed by atoms with van der Waals surface area (Å²) < 4.78 is 0. The Balaban J connectivity index is 2.70. The molecule has 2 nitrogen and oxygen atoms in total. The van der Waals surface area contributed by atoms with Gasteiger partial charge in [0.1, 0.15) is 6.29 Å². The van der Waals surface area contributed by atoms with Crippen LogP contribution in [0.15, 0.2) is 0 Å². The monoisotopic (exact) mass is 170 g/mol. The molecule has 0 aromatic heterocycles. The first-order valence-electron chi connectivity index (χ1n) is 4.72. The molecule has 0 aliphatic heterocycles. The van der Waals surface area contributed by atoms with Crippen molar-refractivity contribution in [1.29, 1.82) is 0 Å². The highest BCUT2D eigenvalue weighted by Gasteiger charge is 2.41. The molecule has 0 aromatic rings. The van der Waals surface area contributed by atoms with Crippen LogP contribution in [-0.4, -0.2) is 18.0 Å². The van der Waals surface area contributed by atoms with Gasteiger partial charge in [0.2, 0.25) is 0 Å². The summed E-state index contributed by atoms with van der Waals surface area (Å²) in [6, 6.07) is 0. The number of hydrogen-bond donors (Lipinski definition) is 1. The Labute approximate surface area is 74.0 Å². The molecule has 70 valence electrons. The van der Waals surface area contributed by atoms with Gasteiger partial charge in [-0.3, -0.25) is 0 Å². The normalized spacial score (nSPS) is 38.1. The minimum atomic E-state index is -0.214. The van der Waals surface area contributed by atoms with Gasteiger partial charge in [0.25, 0.3) is 0 Å². The lowest BCUT2D eigenvalue weighted by atomic mass is 9.76. The molecule has 1 rings (SSSR count). The molecule has 0 radical (unpaired) electrons. The van der Waals surface area contributed by atoms with Gasteiger partial charge in [-0.1, -0.05) is 13.8 Å². The van der Waals surface area contributed by atoms with Crippen molar-refractivity contribution in [2.45, 2.75) is 33.1 Å². The first-order valence-corrected chi connectivity index (χ1v) is 4.72. The minimum absolute atomic E-state index is 0.125. The largest absolute Gasteiger partial charge is 0.396 e. The standard InChI is InChI=1S/C10H18O2/c1-8-3-4-10(5-8,7-12)9(2)6-11/h7-9,11H,3-6H2,1-2H3. The molecule has 0 heterocycles. The average Bonchev–Trinajstić information content (AvgIpc) is 2.47. The smallest absolute Gasteiger partial charge is 0.126 e. The van der Waals surface area contributed by atoms with Gasteiger partial charge in [0, 0.05) is 12.0 Å². The Hall–Kier alpha value is -0.370. The van der Waals surface area contributed by atoms with E-state index in [9.17, 15) is 4.79 Å². The van der Waals surface area contributed by atoms with Crippen LogP contribution in [0.5, 0.6) is 0 Å². The van der Waals surface area contributed by atoms with Crippen LogP contribution in [0.4, 0.5) is 0 Å². The number of aliphatic hydroxyl groups excluding tert-OH is 1. The lowest BCUT2D eigenvalue weighted by Crippen LogP contribution is -2.30. The van der Waals surface area contributed by atoms with Gasteiger partial charge >= 0.3 is 0 Å². The van der Waals surface area contributed by atoms with Gasteiger partial charge in [-0.2, -0.15) is 0 Å². The summed E-state index contributed by atoms with van der Waals surface area (Å²) in [7, 11) is 0. The number of aldehydes is 1. The number of rotatable bonds is 3. The lowest BCUT2D eigenvalue weighted by molar-refractivity contribution is -0.119. The fourth-order valence-electron chi connectivity index (χ4n) is 2.22. The van der Waals surface area contributed by atoms with Gasteiger partial charge in [-0.05, 0) is 31.1 Å². The Morgan fingerprint density at radius 3 is 2.75 bits per heavy atom. The summed E-state index contributed by atoms with van der Waals surface area (Å²) in [5.74, 6) is 0.768. The Morgan fingerprint density at radius 1 is 1.75 bits per heavy atom. The molecular formula is C10H18O2. The summed E-state index contributed by atoms with van der Waals surface area (Å²) in [5, 5.41) is 9.02. The van der Waals surface area contributed by atoms with E-state index in [1.165, 1.54) is 0 Å². The Kier molecular flexibility index (Phi) is 2.89. The van der Waals surface area contributed by atoms with E-state index in [-0.39, 0.29) is 17.9 Å². The minimum Gasteiger partial charge on any atom is -0.396 e. The summed E-state index contributed by atoms with van der Waals surface area (Å²) in [5.41, 5.74) is -0.214. The molecule has 1 aliphatic carbocycles. The summed E-state index contributed by atoms with van der Waals surface area (Å²) in [6.07, 6.45) is 4.11. The number of aliphatic hydroxyl groups is 1. The highest BCUT2D eigenvalue weighted by Crippen LogP contribution is 2.45. The van der Waals surface area contributed by atoms with E-state index in [4.69, 9.17) is 5.11 Å². The van der Waals surface area contributed by atoms with Crippen molar-refractivity contribution in [3.8, 4) is 0 Å². The molecule has 0 aromatic carbocycles. The van der Waals surface area contributed by atoms with Gasteiger partial charge in [0.05, 0.1) is 0 Å². The van der Waals surface area contributed by atoms with Gasteiger partial charge in [0.15, 0.2) is 0 Å². The zero-order chi connectivity index (χ0) is 9.19. The maximum Gasteiger partial charge on any atom is 0.126 e. The van der Waals surface area contributed by atoms with Crippen molar-refractivity contribution in [2.24, 2.45) is 17.3 Å². The summed E-state index contributed by atoms with van der Waals surface area (Å²) >= 11 is 0. The summed E-state index contributed by atoms with van der Waals surface area (Å²) in [6.45, 7) is 4.27. The van der Waals surface area contributed by atoms with Crippen molar-refractivity contribution in [3.05, 3.63) is 0 Å². The van der Waals surface area contributed by atoms with E-state index in [1.807, 2.05) is 6.92 Å². The van der Waals surface area contributed by atoms with Crippen LogP contribution in [0.1, 0.15) is 33.1 Å². The van der Waals surface area contributed by atoms with Crippen LogP contribution in [0.2, 0.25) is 0 Å². The third-order valence-corrected chi connectivity index (χ3v) is 3.32. The van der Waals surface area contributed by atoms with Crippen LogP contribution >= 0.6 is 0 Å².